The van der Waals surface area contributed by atoms with E-state index in [1.54, 1.807) is 0 Å². The molecule has 152 valence electrons. The summed E-state index contributed by atoms with van der Waals surface area (Å²) >= 11 is 7.04. The van der Waals surface area contributed by atoms with E-state index in [4.69, 9.17) is 11.6 Å². The summed E-state index contributed by atoms with van der Waals surface area (Å²) in [4.78, 5) is 0. The van der Waals surface area contributed by atoms with Crippen molar-refractivity contribution in [2.45, 2.75) is 103 Å². The molecule has 1 spiro atoms. The fourth-order valence-corrected chi connectivity index (χ4v) is 6.62. The minimum atomic E-state index is -0.595. The van der Waals surface area contributed by atoms with Crippen molar-refractivity contribution in [2.75, 3.05) is 0 Å². The fraction of sp³-hybridized carbons (Fsp3) is 0.760. The van der Waals surface area contributed by atoms with Gasteiger partial charge < -0.3 is 0 Å². The number of hydrogen-bond acceptors (Lipinski definition) is 0. The molecule has 0 amide bonds. The highest BCUT2D eigenvalue weighted by atomic mass is 35.5. The molecule has 3 rings (SSSR count). The topological polar surface area (TPSA) is 0 Å². The van der Waals surface area contributed by atoms with E-state index in [0.29, 0.717) is 5.92 Å². The van der Waals surface area contributed by atoms with Gasteiger partial charge in [0.2, 0.25) is 0 Å². The molecule has 0 aliphatic heterocycles. The molecule has 1 aromatic rings. The Kier molecular flexibility index (Phi) is 6.61. The van der Waals surface area contributed by atoms with E-state index >= 15 is 0 Å². The van der Waals surface area contributed by atoms with E-state index in [2.05, 4.69) is 45.9 Å². The lowest BCUT2D eigenvalue weighted by molar-refractivity contribution is -0.126. The van der Waals surface area contributed by atoms with E-state index in [-0.39, 0.29) is 10.8 Å². The first-order chi connectivity index (χ1) is 12.9. The molecule has 2 heteroatoms. The summed E-state index contributed by atoms with van der Waals surface area (Å²) in [6.07, 6.45) is 10.5. The van der Waals surface area contributed by atoms with Crippen LogP contribution in [0.5, 0.6) is 0 Å². The van der Waals surface area contributed by atoms with Crippen LogP contribution in [0.15, 0.2) is 18.2 Å². The molecule has 2 fully saturated rings. The zero-order chi connectivity index (χ0) is 19.7. The summed E-state index contributed by atoms with van der Waals surface area (Å²) < 4.78 is 13.8. The molecular formula is C25H38ClF. The Bertz CT molecular complexity index is 625. The zero-order valence-corrected chi connectivity index (χ0v) is 18.5. The lowest BCUT2D eigenvalue weighted by Crippen LogP contribution is -2.61. The maximum Gasteiger partial charge on any atom is 0.101 e. The Labute approximate surface area is 171 Å². The molecular weight excluding hydrogens is 355 g/mol. The number of hydrogen-bond donors (Lipinski definition) is 0. The van der Waals surface area contributed by atoms with Gasteiger partial charge in [-0.25, -0.2) is 4.39 Å². The SMILES string of the molecule is CCC(CC)CC(CC)Cc1cccc(C2(CC)CCC23CC(F)C3)c1Cl. The summed E-state index contributed by atoms with van der Waals surface area (Å²) in [5.41, 5.74) is 2.93. The van der Waals surface area contributed by atoms with Gasteiger partial charge in [-0.1, -0.05) is 76.8 Å². The van der Waals surface area contributed by atoms with Crippen molar-refractivity contribution in [1.82, 2.24) is 0 Å². The van der Waals surface area contributed by atoms with Gasteiger partial charge in [-0.05, 0) is 73.3 Å². The molecule has 0 bridgehead atoms. The van der Waals surface area contributed by atoms with Crippen molar-refractivity contribution in [3.8, 4) is 0 Å². The van der Waals surface area contributed by atoms with Crippen molar-refractivity contribution >= 4 is 11.6 Å². The van der Waals surface area contributed by atoms with Crippen LogP contribution in [-0.4, -0.2) is 6.17 Å². The molecule has 0 aromatic heterocycles. The maximum atomic E-state index is 13.8. The lowest BCUT2D eigenvalue weighted by Gasteiger charge is -2.66. The Hall–Kier alpha value is -0.560. The quantitative estimate of drug-likeness (QED) is 0.396. The first-order valence-electron chi connectivity index (χ1n) is 11.4. The van der Waals surface area contributed by atoms with Crippen molar-refractivity contribution in [3.05, 3.63) is 34.3 Å². The minimum absolute atomic E-state index is 0.111. The molecule has 2 saturated carbocycles. The van der Waals surface area contributed by atoms with Gasteiger partial charge in [-0.2, -0.15) is 0 Å². The van der Waals surface area contributed by atoms with Gasteiger partial charge in [-0.15, -0.1) is 0 Å². The Morgan fingerprint density at radius 3 is 2.19 bits per heavy atom. The van der Waals surface area contributed by atoms with E-state index in [1.165, 1.54) is 49.7 Å². The maximum absolute atomic E-state index is 13.8. The van der Waals surface area contributed by atoms with Crippen LogP contribution in [0.3, 0.4) is 0 Å². The molecule has 1 aromatic carbocycles. The molecule has 0 nitrogen and oxygen atoms in total. The molecule has 2 aliphatic carbocycles. The molecule has 0 radical (unpaired) electrons. The predicted molar refractivity (Wildman–Crippen MR) is 115 cm³/mol. The average Bonchev–Trinajstić information content (AvgIpc) is 2.64. The zero-order valence-electron chi connectivity index (χ0n) is 17.8. The molecule has 27 heavy (non-hydrogen) atoms. The summed E-state index contributed by atoms with van der Waals surface area (Å²) in [6, 6.07) is 6.67. The Morgan fingerprint density at radius 1 is 1.04 bits per heavy atom. The Balaban J connectivity index is 1.83. The minimum Gasteiger partial charge on any atom is -0.247 e. The summed E-state index contributed by atoms with van der Waals surface area (Å²) in [5, 5.41) is 0.990. The Morgan fingerprint density at radius 2 is 1.70 bits per heavy atom. The van der Waals surface area contributed by atoms with Gasteiger partial charge in [0.25, 0.3) is 0 Å². The largest absolute Gasteiger partial charge is 0.247 e. The van der Waals surface area contributed by atoms with E-state index in [0.717, 1.165) is 36.6 Å². The number of alkyl halides is 1. The second-order valence-electron chi connectivity index (χ2n) is 9.40. The van der Waals surface area contributed by atoms with Gasteiger partial charge in [0, 0.05) is 10.4 Å². The number of rotatable bonds is 9. The molecule has 2 atom stereocenters. The van der Waals surface area contributed by atoms with E-state index < -0.39 is 6.17 Å². The van der Waals surface area contributed by atoms with Crippen molar-refractivity contribution in [3.63, 3.8) is 0 Å². The highest BCUT2D eigenvalue weighted by Gasteiger charge is 2.64. The molecule has 0 heterocycles. The van der Waals surface area contributed by atoms with Crippen LogP contribution in [0.4, 0.5) is 4.39 Å². The summed E-state index contributed by atoms with van der Waals surface area (Å²) in [5.74, 6) is 1.53. The van der Waals surface area contributed by atoms with Gasteiger partial charge >= 0.3 is 0 Å². The van der Waals surface area contributed by atoms with E-state index in [9.17, 15) is 4.39 Å². The number of halogens is 2. The normalized spacial score (nSPS) is 31.0. The highest BCUT2D eigenvalue weighted by Crippen LogP contribution is 2.70. The third kappa shape index (κ3) is 3.59. The molecule has 0 N–H and O–H groups in total. The second-order valence-corrected chi connectivity index (χ2v) is 9.77. The van der Waals surface area contributed by atoms with Crippen LogP contribution in [0.25, 0.3) is 0 Å². The molecule has 2 aliphatic rings. The first kappa shape index (κ1) is 21.2. The van der Waals surface area contributed by atoms with Crippen molar-refractivity contribution in [2.24, 2.45) is 17.3 Å². The predicted octanol–water partition coefficient (Wildman–Crippen LogP) is 8.29. The van der Waals surface area contributed by atoms with Crippen molar-refractivity contribution < 1.29 is 4.39 Å². The van der Waals surface area contributed by atoms with Crippen LogP contribution in [0.2, 0.25) is 5.02 Å². The van der Waals surface area contributed by atoms with Crippen LogP contribution in [0.1, 0.15) is 96.6 Å². The van der Waals surface area contributed by atoms with Gasteiger partial charge in [0.05, 0.1) is 0 Å². The van der Waals surface area contributed by atoms with Crippen LogP contribution in [0, 0.1) is 17.3 Å². The number of benzene rings is 1. The monoisotopic (exact) mass is 392 g/mol. The third-order valence-corrected chi connectivity index (χ3v) is 8.82. The smallest absolute Gasteiger partial charge is 0.101 e. The highest BCUT2D eigenvalue weighted by molar-refractivity contribution is 6.32. The van der Waals surface area contributed by atoms with Crippen LogP contribution in [-0.2, 0) is 11.8 Å². The first-order valence-corrected chi connectivity index (χ1v) is 11.7. The van der Waals surface area contributed by atoms with Crippen molar-refractivity contribution in [1.29, 1.82) is 0 Å². The van der Waals surface area contributed by atoms with Gasteiger partial charge in [0.1, 0.15) is 6.17 Å². The standard InChI is InChI=1S/C25H38ClF/c1-5-18(6-2)14-19(7-3)15-20-10-9-11-22(23(20)26)25(8-4)13-12-24(25)16-21(27)17-24/h9-11,18-19,21H,5-8,12-17H2,1-4H3. The van der Waals surface area contributed by atoms with Crippen LogP contribution >= 0.6 is 11.6 Å². The summed E-state index contributed by atoms with van der Waals surface area (Å²) in [6.45, 7) is 9.21. The van der Waals surface area contributed by atoms with Gasteiger partial charge in [0.15, 0.2) is 0 Å². The third-order valence-electron chi connectivity index (χ3n) is 8.38. The molecule has 0 saturated heterocycles. The fourth-order valence-electron chi connectivity index (χ4n) is 6.23. The van der Waals surface area contributed by atoms with E-state index in [1.807, 2.05) is 0 Å². The van der Waals surface area contributed by atoms with Crippen LogP contribution < -0.4 is 0 Å². The molecule has 2 unspecified atom stereocenters. The second kappa shape index (κ2) is 8.44. The van der Waals surface area contributed by atoms with Gasteiger partial charge in [-0.3, -0.25) is 0 Å². The lowest BCUT2D eigenvalue weighted by atomic mass is 9.38. The summed E-state index contributed by atoms with van der Waals surface area (Å²) in [7, 11) is 0. The average molecular weight is 393 g/mol.